The molecule has 3 unspecified atom stereocenters. The Morgan fingerprint density at radius 2 is 2.00 bits per heavy atom. The number of nitrogens with one attached hydrogen (secondary N) is 1. The lowest BCUT2D eigenvalue weighted by Crippen LogP contribution is -2.41. The SMILES string of the molecule is CCNC1c2cccc(Br)c2S(=O)(=O)C(C)C1C. The van der Waals surface area contributed by atoms with Crippen LogP contribution in [-0.2, 0) is 9.84 Å². The summed E-state index contributed by atoms with van der Waals surface area (Å²) < 4.78 is 25.7. The molecule has 1 aromatic rings. The molecule has 0 radical (unpaired) electrons. The third-order valence-corrected chi connectivity index (χ3v) is 7.15. The zero-order chi connectivity index (χ0) is 13.5. The number of fused-ring (bicyclic) bond motifs is 1. The van der Waals surface area contributed by atoms with E-state index in [2.05, 4.69) is 21.2 Å². The Balaban J connectivity index is 2.70. The fraction of sp³-hybridized carbons (Fsp3) is 0.538. The van der Waals surface area contributed by atoms with Gasteiger partial charge in [0.2, 0.25) is 0 Å². The van der Waals surface area contributed by atoms with Crippen LogP contribution in [0.1, 0.15) is 32.4 Å². The van der Waals surface area contributed by atoms with E-state index in [1.165, 1.54) is 0 Å². The van der Waals surface area contributed by atoms with Gasteiger partial charge in [0.15, 0.2) is 9.84 Å². The summed E-state index contributed by atoms with van der Waals surface area (Å²) in [6.07, 6.45) is 0. The van der Waals surface area contributed by atoms with Crippen LogP contribution in [0.3, 0.4) is 0 Å². The van der Waals surface area contributed by atoms with Gasteiger partial charge >= 0.3 is 0 Å². The van der Waals surface area contributed by atoms with Gasteiger partial charge in [-0.15, -0.1) is 0 Å². The summed E-state index contributed by atoms with van der Waals surface area (Å²) in [5.74, 6) is 0.0664. The summed E-state index contributed by atoms with van der Waals surface area (Å²) in [7, 11) is -3.24. The summed E-state index contributed by atoms with van der Waals surface area (Å²) in [5.41, 5.74) is 0.886. The van der Waals surface area contributed by atoms with Gasteiger partial charge in [-0.3, -0.25) is 0 Å². The topological polar surface area (TPSA) is 46.2 Å². The first-order chi connectivity index (χ1) is 8.41. The van der Waals surface area contributed by atoms with E-state index in [4.69, 9.17) is 0 Å². The highest BCUT2D eigenvalue weighted by Crippen LogP contribution is 2.42. The zero-order valence-corrected chi connectivity index (χ0v) is 13.2. The van der Waals surface area contributed by atoms with Crippen molar-refractivity contribution < 1.29 is 8.42 Å². The van der Waals surface area contributed by atoms with Crippen molar-refractivity contribution in [3.8, 4) is 0 Å². The highest BCUT2D eigenvalue weighted by Gasteiger charge is 2.42. The lowest BCUT2D eigenvalue weighted by atomic mass is 9.91. The summed E-state index contributed by atoms with van der Waals surface area (Å²) in [6, 6.07) is 5.70. The van der Waals surface area contributed by atoms with Gasteiger partial charge in [-0.2, -0.15) is 0 Å². The Morgan fingerprint density at radius 1 is 1.33 bits per heavy atom. The number of rotatable bonds is 2. The van der Waals surface area contributed by atoms with E-state index in [1.54, 1.807) is 13.0 Å². The molecule has 1 aliphatic heterocycles. The Hall–Kier alpha value is -0.390. The fourth-order valence-corrected chi connectivity index (χ4v) is 5.62. The summed E-state index contributed by atoms with van der Waals surface area (Å²) in [4.78, 5) is 0.460. The third-order valence-electron chi connectivity index (χ3n) is 3.80. The Bertz CT molecular complexity index is 556. The first-order valence-electron chi connectivity index (χ1n) is 6.17. The van der Waals surface area contributed by atoms with Gasteiger partial charge in [-0.1, -0.05) is 26.0 Å². The molecule has 0 aliphatic carbocycles. The highest BCUT2D eigenvalue weighted by molar-refractivity contribution is 9.10. The highest BCUT2D eigenvalue weighted by atomic mass is 79.9. The number of benzene rings is 1. The van der Waals surface area contributed by atoms with Crippen LogP contribution in [0.5, 0.6) is 0 Å². The monoisotopic (exact) mass is 331 g/mol. The van der Waals surface area contributed by atoms with E-state index >= 15 is 0 Å². The lowest BCUT2D eigenvalue weighted by Gasteiger charge is -2.36. The van der Waals surface area contributed by atoms with Crippen LogP contribution in [0.4, 0.5) is 0 Å². The van der Waals surface area contributed by atoms with E-state index in [-0.39, 0.29) is 17.2 Å². The molecular weight excluding hydrogens is 314 g/mol. The number of halogens is 1. The quantitative estimate of drug-likeness (QED) is 0.906. The van der Waals surface area contributed by atoms with Gasteiger partial charge in [0.05, 0.1) is 10.1 Å². The van der Waals surface area contributed by atoms with E-state index in [0.29, 0.717) is 9.37 Å². The molecule has 0 saturated carbocycles. The molecule has 0 spiro atoms. The largest absolute Gasteiger partial charge is 0.310 e. The van der Waals surface area contributed by atoms with E-state index < -0.39 is 9.84 Å². The second kappa shape index (κ2) is 4.94. The number of hydrogen-bond donors (Lipinski definition) is 1. The van der Waals surface area contributed by atoms with Crippen molar-refractivity contribution in [2.24, 2.45) is 5.92 Å². The molecule has 2 rings (SSSR count). The molecule has 0 aromatic heterocycles. The van der Waals surface area contributed by atoms with Gasteiger partial charge in [0.1, 0.15) is 0 Å². The second-order valence-corrected chi connectivity index (χ2v) is 7.90. The van der Waals surface area contributed by atoms with Crippen LogP contribution >= 0.6 is 15.9 Å². The Labute approximate surface area is 117 Å². The minimum absolute atomic E-state index is 0.0664. The van der Waals surface area contributed by atoms with Gasteiger partial charge in [0.25, 0.3) is 0 Å². The van der Waals surface area contributed by atoms with Crippen LogP contribution in [0.15, 0.2) is 27.6 Å². The molecule has 0 fully saturated rings. The normalized spacial score (nSPS) is 29.9. The molecular formula is C13H18BrNO2S. The maximum absolute atomic E-state index is 12.5. The minimum atomic E-state index is -3.24. The van der Waals surface area contributed by atoms with Crippen molar-refractivity contribution in [1.29, 1.82) is 0 Å². The number of sulfone groups is 1. The third kappa shape index (κ3) is 2.02. The van der Waals surface area contributed by atoms with Crippen molar-refractivity contribution in [2.75, 3.05) is 6.54 Å². The van der Waals surface area contributed by atoms with Gasteiger partial charge in [-0.05, 0) is 46.9 Å². The summed E-state index contributed by atoms with van der Waals surface area (Å²) >= 11 is 3.38. The summed E-state index contributed by atoms with van der Waals surface area (Å²) in [5, 5.41) is 3.03. The van der Waals surface area contributed by atoms with E-state index in [1.807, 2.05) is 26.0 Å². The second-order valence-electron chi connectivity index (χ2n) is 4.80. The Morgan fingerprint density at radius 3 is 2.61 bits per heavy atom. The van der Waals surface area contributed by atoms with E-state index in [9.17, 15) is 8.42 Å². The average Bonchev–Trinajstić information content (AvgIpc) is 2.32. The maximum Gasteiger partial charge on any atom is 0.182 e. The minimum Gasteiger partial charge on any atom is -0.310 e. The molecule has 1 N–H and O–H groups in total. The molecule has 0 bridgehead atoms. The molecule has 3 nitrogen and oxygen atoms in total. The maximum atomic E-state index is 12.5. The molecule has 18 heavy (non-hydrogen) atoms. The van der Waals surface area contributed by atoms with Gasteiger partial charge in [0, 0.05) is 10.5 Å². The van der Waals surface area contributed by atoms with Gasteiger partial charge in [-0.25, -0.2) is 8.42 Å². The Kier molecular flexibility index (Phi) is 3.85. The van der Waals surface area contributed by atoms with E-state index in [0.717, 1.165) is 12.1 Å². The van der Waals surface area contributed by atoms with Crippen molar-refractivity contribution in [3.05, 3.63) is 28.2 Å². The standard InChI is InChI=1S/C13H18BrNO2S/c1-4-15-12-8(2)9(3)18(16,17)13-10(12)6-5-7-11(13)14/h5-9,12,15H,4H2,1-3H3. The fourth-order valence-electron chi connectivity index (χ4n) is 2.61. The first kappa shape index (κ1) is 14.0. The molecule has 100 valence electrons. The predicted molar refractivity (Wildman–Crippen MR) is 76.4 cm³/mol. The number of hydrogen-bond acceptors (Lipinski definition) is 3. The first-order valence-corrected chi connectivity index (χ1v) is 8.50. The van der Waals surface area contributed by atoms with Crippen molar-refractivity contribution in [2.45, 2.75) is 37.0 Å². The van der Waals surface area contributed by atoms with Crippen LogP contribution < -0.4 is 5.32 Å². The predicted octanol–water partition coefficient (Wildman–Crippen LogP) is 2.91. The summed E-state index contributed by atoms with van der Waals surface area (Å²) in [6.45, 7) is 6.66. The van der Waals surface area contributed by atoms with Crippen LogP contribution in [0.2, 0.25) is 0 Å². The van der Waals surface area contributed by atoms with Crippen LogP contribution in [0.25, 0.3) is 0 Å². The molecule has 0 amide bonds. The zero-order valence-electron chi connectivity index (χ0n) is 10.8. The molecule has 1 heterocycles. The van der Waals surface area contributed by atoms with Crippen molar-refractivity contribution in [1.82, 2.24) is 5.32 Å². The van der Waals surface area contributed by atoms with Crippen molar-refractivity contribution >= 4 is 25.8 Å². The van der Waals surface area contributed by atoms with Crippen LogP contribution in [0, 0.1) is 5.92 Å². The molecule has 5 heteroatoms. The lowest BCUT2D eigenvalue weighted by molar-refractivity contribution is 0.364. The average molecular weight is 332 g/mol. The smallest absolute Gasteiger partial charge is 0.182 e. The molecule has 0 saturated heterocycles. The molecule has 3 atom stereocenters. The molecule has 1 aromatic carbocycles. The van der Waals surface area contributed by atoms with Gasteiger partial charge < -0.3 is 5.32 Å². The van der Waals surface area contributed by atoms with Crippen LogP contribution in [-0.4, -0.2) is 20.2 Å². The van der Waals surface area contributed by atoms with Crippen molar-refractivity contribution in [3.63, 3.8) is 0 Å². The molecule has 1 aliphatic rings.